The molecule has 0 fully saturated rings. The van der Waals surface area contributed by atoms with E-state index in [0.717, 1.165) is 30.3 Å². The average Bonchev–Trinajstić information content (AvgIpc) is 2.82. The summed E-state index contributed by atoms with van der Waals surface area (Å²) in [5.41, 5.74) is 7.93. The van der Waals surface area contributed by atoms with Crippen molar-refractivity contribution in [2.45, 2.75) is 19.4 Å². The van der Waals surface area contributed by atoms with Gasteiger partial charge in [0.2, 0.25) is 0 Å². The van der Waals surface area contributed by atoms with E-state index in [0.29, 0.717) is 17.0 Å². The number of aryl methyl sites for hydroxylation is 2. The molecule has 0 radical (unpaired) electrons. The van der Waals surface area contributed by atoms with Crippen LogP contribution in [0.5, 0.6) is 0 Å². The minimum Gasteiger partial charge on any atom is -0.370 e. The Balaban J connectivity index is 0.000000368. The maximum atomic E-state index is 12.1. The Labute approximate surface area is 143 Å². The molecule has 0 aliphatic carbocycles. The van der Waals surface area contributed by atoms with E-state index in [4.69, 9.17) is 27.3 Å². The van der Waals surface area contributed by atoms with Crippen LogP contribution < -0.4 is 11.1 Å². The van der Waals surface area contributed by atoms with Gasteiger partial charge in [0.25, 0.3) is 16.0 Å². The first kappa shape index (κ1) is 18.2. The lowest BCUT2D eigenvalue weighted by atomic mass is 10.0. The van der Waals surface area contributed by atoms with E-state index >= 15 is 0 Å². The van der Waals surface area contributed by atoms with Gasteiger partial charge in [-0.15, -0.1) is 0 Å². The fourth-order valence-electron chi connectivity index (χ4n) is 2.66. The molecule has 8 nitrogen and oxygen atoms in total. The number of hydrogen-bond acceptors (Lipinski definition) is 4. The number of carbonyl (C=O) groups is 1. The zero-order valence-electron chi connectivity index (χ0n) is 12.8. The smallest absolute Gasteiger partial charge is 0.274 e. The molecule has 0 saturated carbocycles. The molecular formula is C14H17ClN4O4S. The van der Waals surface area contributed by atoms with Crippen molar-refractivity contribution in [2.24, 2.45) is 5.73 Å². The molecule has 1 aromatic carbocycles. The highest BCUT2D eigenvalue weighted by Gasteiger charge is 2.22. The quantitative estimate of drug-likeness (QED) is 0.340. The van der Waals surface area contributed by atoms with Crippen LogP contribution in [0.25, 0.3) is 10.9 Å². The van der Waals surface area contributed by atoms with Gasteiger partial charge in [0.15, 0.2) is 5.96 Å². The maximum absolute atomic E-state index is 12.1. The Morgan fingerprint density at radius 2 is 2.08 bits per heavy atom. The molecule has 24 heavy (non-hydrogen) atoms. The molecule has 0 atom stereocenters. The number of halogens is 1. The molecule has 130 valence electrons. The Morgan fingerprint density at radius 3 is 2.67 bits per heavy atom. The van der Waals surface area contributed by atoms with Gasteiger partial charge in [-0.05, 0) is 30.5 Å². The van der Waals surface area contributed by atoms with Crippen LogP contribution in [-0.2, 0) is 23.1 Å². The van der Waals surface area contributed by atoms with Crippen molar-refractivity contribution in [3.8, 4) is 0 Å². The summed E-state index contributed by atoms with van der Waals surface area (Å²) < 4.78 is 27.8. The van der Waals surface area contributed by atoms with Crippen LogP contribution in [0, 0.1) is 5.41 Å². The van der Waals surface area contributed by atoms with Gasteiger partial charge < -0.3 is 10.3 Å². The predicted octanol–water partition coefficient (Wildman–Crippen LogP) is 1.37. The summed E-state index contributed by atoms with van der Waals surface area (Å²) in [6, 6.07) is 5.64. The lowest BCUT2D eigenvalue weighted by Crippen LogP contribution is -2.36. The molecule has 0 spiro atoms. The van der Waals surface area contributed by atoms with Gasteiger partial charge in [0.1, 0.15) is 5.69 Å². The summed E-state index contributed by atoms with van der Waals surface area (Å²) in [7, 11) is -3.67. The molecule has 3 rings (SSSR count). The molecule has 2 aromatic rings. The van der Waals surface area contributed by atoms with Crippen molar-refractivity contribution in [1.82, 2.24) is 9.88 Å². The van der Waals surface area contributed by atoms with Gasteiger partial charge in [-0.1, -0.05) is 17.7 Å². The molecule has 1 aliphatic rings. The van der Waals surface area contributed by atoms with E-state index in [1.165, 1.54) is 5.56 Å². The van der Waals surface area contributed by atoms with Crippen molar-refractivity contribution in [2.75, 3.05) is 6.26 Å². The van der Waals surface area contributed by atoms with Crippen LogP contribution in [0.4, 0.5) is 0 Å². The molecule has 2 heterocycles. The summed E-state index contributed by atoms with van der Waals surface area (Å²) in [5.74, 6) is -0.724. The number of nitrogens with one attached hydrogen (secondary N) is 2. The zero-order valence-corrected chi connectivity index (χ0v) is 14.4. The van der Waals surface area contributed by atoms with Gasteiger partial charge in [-0.3, -0.25) is 20.1 Å². The molecule has 5 N–H and O–H groups in total. The largest absolute Gasteiger partial charge is 0.370 e. The summed E-state index contributed by atoms with van der Waals surface area (Å²) in [5, 5.41) is 11.0. The third kappa shape index (κ3) is 4.25. The van der Waals surface area contributed by atoms with Gasteiger partial charge in [0.05, 0.1) is 11.8 Å². The second-order valence-electron chi connectivity index (χ2n) is 5.35. The molecule has 1 aromatic heterocycles. The lowest BCUT2D eigenvalue weighted by molar-refractivity contribution is 0.0967. The molecule has 1 amide bonds. The Hall–Kier alpha value is -2.10. The van der Waals surface area contributed by atoms with Crippen LogP contribution in [0.15, 0.2) is 18.2 Å². The van der Waals surface area contributed by atoms with Gasteiger partial charge in [-0.2, -0.15) is 8.42 Å². The van der Waals surface area contributed by atoms with Gasteiger partial charge in [-0.25, -0.2) is 0 Å². The average molecular weight is 373 g/mol. The van der Waals surface area contributed by atoms with E-state index in [-0.39, 0.29) is 11.9 Å². The standard InChI is InChI=1S/C13H13ClN4O.CH4O3S/c14-9-4-3-7-2-1-5-18-10(6-8(9)11(7)18)12(19)17-13(15)16;1-5(2,3)4/h3-4,6H,1-2,5H2,(H4,15,16,17,19);1H3,(H,2,3,4). The summed E-state index contributed by atoms with van der Waals surface area (Å²) in [6.45, 7) is 0.775. The highest BCUT2D eigenvalue weighted by Crippen LogP contribution is 2.33. The number of amides is 1. The number of carbonyl (C=O) groups excluding carboxylic acids is 1. The van der Waals surface area contributed by atoms with Crippen molar-refractivity contribution in [3.05, 3.63) is 34.5 Å². The van der Waals surface area contributed by atoms with Crippen LogP contribution in [0.1, 0.15) is 22.5 Å². The topological polar surface area (TPSA) is 138 Å². The van der Waals surface area contributed by atoms with E-state index < -0.39 is 10.1 Å². The van der Waals surface area contributed by atoms with Crippen LogP contribution in [0.2, 0.25) is 5.02 Å². The van der Waals surface area contributed by atoms with Crippen LogP contribution in [-0.4, -0.2) is 35.7 Å². The number of aromatic nitrogens is 1. The molecule has 0 bridgehead atoms. The van der Waals surface area contributed by atoms with Crippen LogP contribution >= 0.6 is 11.6 Å². The second-order valence-corrected chi connectivity index (χ2v) is 7.23. The molecule has 1 aliphatic heterocycles. The molecule has 10 heteroatoms. The van der Waals surface area contributed by atoms with Crippen molar-refractivity contribution >= 4 is 44.5 Å². The molecular weight excluding hydrogens is 356 g/mol. The number of rotatable bonds is 1. The Bertz CT molecular complexity index is 912. The van der Waals surface area contributed by atoms with Crippen molar-refractivity contribution < 1.29 is 17.8 Å². The number of benzene rings is 1. The highest BCUT2D eigenvalue weighted by molar-refractivity contribution is 7.85. The van der Waals surface area contributed by atoms with Crippen LogP contribution in [0.3, 0.4) is 0 Å². The molecule has 0 unspecified atom stereocenters. The number of guanidine groups is 1. The van der Waals surface area contributed by atoms with E-state index in [2.05, 4.69) is 5.32 Å². The van der Waals surface area contributed by atoms with E-state index in [1.54, 1.807) is 6.07 Å². The first-order valence-electron chi connectivity index (χ1n) is 6.96. The van der Waals surface area contributed by atoms with Gasteiger partial charge >= 0.3 is 0 Å². The minimum atomic E-state index is -3.67. The fraction of sp³-hybridized carbons (Fsp3) is 0.286. The monoisotopic (exact) mass is 372 g/mol. The lowest BCUT2D eigenvalue weighted by Gasteiger charge is -2.17. The van der Waals surface area contributed by atoms with Gasteiger partial charge in [0, 0.05) is 17.0 Å². The third-order valence-electron chi connectivity index (χ3n) is 3.40. The summed E-state index contributed by atoms with van der Waals surface area (Å²) >= 11 is 6.19. The fourth-order valence-corrected chi connectivity index (χ4v) is 2.86. The van der Waals surface area contributed by atoms with E-state index in [9.17, 15) is 13.2 Å². The van der Waals surface area contributed by atoms with E-state index in [1.807, 2.05) is 16.7 Å². The van der Waals surface area contributed by atoms with Crippen molar-refractivity contribution in [1.29, 1.82) is 5.41 Å². The maximum Gasteiger partial charge on any atom is 0.274 e. The summed E-state index contributed by atoms with van der Waals surface area (Å²) in [4.78, 5) is 12.1. The highest BCUT2D eigenvalue weighted by atomic mass is 35.5. The Kier molecular flexibility index (Phi) is 5.16. The van der Waals surface area contributed by atoms with Crippen molar-refractivity contribution in [3.63, 3.8) is 0 Å². The minimum absolute atomic E-state index is 0.356. The predicted molar refractivity (Wildman–Crippen MR) is 92.1 cm³/mol. The zero-order chi connectivity index (χ0) is 18.1. The first-order valence-corrected chi connectivity index (χ1v) is 9.19. The molecule has 0 saturated heterocycles. The Morgan fingerprint density at radius 1 is 1.46 bits per heavy atom. The first-order chi connectivity index (χ1) is 11.1. The normalized spacial score (nSPS) is 13.1. The number of hydrogen-bond donors (Lipinski definition) is 4. The number of nitrogens with two attached hydrogens (primary N) is 1. The SMILES string of the molecule is CS(=O)(=O)O.N=C(N)NC(=O)c1cc2c(Cl)ccc3c2n1CCC3. The third-order valence-corrected chi connectivity index (χ3v) is 3.73. The second kappa shape index (κ2) is 6.80. The number of nitrogens with zero attached hydrogens (tertiary/aromatic N) is 1. The summed E-state index contributed by atoms with van der Waals surface area (Å²) in [6.07, 6.45) is 2.69.